The predicted octanol–water partition coefficient (Wildman–Crippen LogP) is 0.726. The molecule has 41 heavy (non-hydrogen) atoms. The maximum absolute atomic E-state index is 12.3. The Morgan fingerprint density at radius 3 is 2.49 bits per heavy atom. The SMILES string of the molecule is [N-]=[N+]=Nc1ccc(NP(=O)(O)OP(=O)(O)OP(=O)(O)OCC2OC(n3cnc4c(=O)[nH]c(N)nc43)C(O)C2O)cc1. The molecule has 7 unspecified atom stereocenters. The Kier molecular flexibility index (Phi) is 8.70. The summed E-state index contributed by atoms with van der Waals surface area (Å²) in [6.45, 7) is -1.02. The van der Waals surface area contributed by atoms with Crippen molar-refractivity contribution in [3.05, 3.63) is 51.4 Å². The number of rotatable bonds is 11. The zero-order chi connectivity index (χ0) is 30.2. The molecule has 9 N–H and O–H groups in total. The van der Waals surface area contributed by atoms with Crippen molar-refractivity contribution < 1.29 is 56.5 Å². The summed E-state index contributed by atoms with van der Waals surface area (Å²) in [6.07, 6.45) is -5.39. The molecule has 1 aromatic carbocycles. The molecule has 0 bridgehead atoms. The molecule has 7 atom stereocenters. The number of hydrogen-bond acceptors (Lipinski definition) is 14. The first-order valence-electron chi connectivity index (χ1n) is 10.8. The maximum Gasteiger partial charge on any atom is 0.489 e. The lowest BCUT2D eigenvalue weighted by molar-refractivity contribution is -0.0503. The van der Waals surface area contributed by atoms with Gasteiger partial charge in [-0.2, -0.15) is 13.6 Å². The van der Waals surface area contributed by atoms with Crippen LogP contribution in [0.25, 0.3) is 21.6 Å². The summed E-state index contributed by atoms with van der Waals surface area (Å²) in [4.78, 5) is 54.0. The minimum Gasteiger partial charge on any atom is -0.387 e. The number of aromatic nitrogens is 4. The normalized spacial score (nSPS) is 25.1. The van der Waals surface area contributed by atoms with E-state index in [0.29, 0.717) is 0 Å². The molecule has 0 saturated carbocycles. The first-order valence-corrected chi connectivity index (χ1v) is 15.4. The monoisotopic (exact) mass is 639 g/mol. The van der Waals surface area contributed by atoms with Crippen LogP contribution in [0.4, 0.5) is 17.3 Å². The molecule has 3 heterocycles. The van der Waals surface area contributed by atoms with Crippen LogP contribution in [0.2, 0.25) is 0 Å². The summed E-state index contributed by atoms with van der Waals surface area (Å²) in [5.41, 5.74) is 12.9. The van der Waals surface area contributed by atoms with Crippen molar-refractivity contribution in [2.24, 2.45) is 5.11 Å². The van der Waals surface area contributed by atoms with E-state index in [9.17, 15) is 43.4 Å². The molecule has 1 saturated heterocycles. The number of fused-ring (bicyclic) bond motifs is 1. The van der Waals surface area contributed by atoms with Crippen LogP contribution in [0.1, 0.15) is 6.23 Å². The number of nitrogens with zero attached hydrogens (tertiary/aromatic N) is 6. The summed E-state index contributed by atoms with van der Waals surface area (Å²) in [5, 5.41) is 25.9. The standard InChI is InChI=1S/C16H20N9O13P3/c17-16-20-13-10(14(28)21-16)19-6-25(13)15-12(27)11(26)9(36-15)5-35-40(31,32)38-41(33,34)37-39(29,30)23-8-3-1-7(2-4-8)22-24-18/h1-4,6,9,11-12,15,26-27H,5H2,(H,31,32)(H,33,34)(H2,23,29,30)(H3,17,20,21,28). The average molecular weight is 639 g/mol. The number of aliphatic hydroxyl groups is 2. The zero-order valence-electron chi connectivity index (χ0n) is 20.0. The number of azide groups is 1. The second-order valence-electron chi connectivity index (χ2n) is 8.09. The third-order valence-electron chi connectivity index (χ3n) is 5.18. The van der Waals surface area contributed by atoms with Gasteiger partial charge in [0.2, 0.25) is 5.95 Å². The van der Waals surface area contributed by atoms with Crippen molar-refractivity contribution in [1.82, 2.24) is 19.5 Å². The topological polar surface area (TPSA) is 340 Å². The Morgan fingerprint density at radius 1 is 1.15 bits per heavy atom. The van der Waals surface area contributed by atoms with Crippen LogP contribution in [0.5, 0.6) is 0 Å². The fourth-order valence-electron chi connectivity index (χ4n) is 3.54. The van der Waals surface area contributed by atoms with Gasteiger partial charge in [-0.3, -0.25) is 24.0 Å². The van der Waals surface area contributed by atoms with E-state index in [1.165, 1.54) is 12.1 Å². The summed E-state index contributed by atoms with van der Waals surface area (Å²) in [5.74, 6) is -0.281. The van der Waals surface area contributed by atoms with E-state index in [1.54, 1.807) is 0 Å². The van der Waals surface area contributed by atoms with E-state index in [2.05, 4.69) is 38.1 Å². The Labute approximate surface area is 226 Å². The molecule has 22 nitrogen and oxygen atoms in total. The van der Waals surface area contributed by atoms with Crippen LogP contribution in [0.3, 0.4) is 0 Å². The smallest absolute Gasteiger partial charge is 0.387 e. The van der Waals surface area contributed by atoms with Crippen molar-refractivity contribution in [3.63, 3.8) is 0 Å². The number of nitrogens with two attached hydrogens (primary N) is 1. The Bertz CT molecular complexity index is 1690. The molecule has 1 fully saturated rings. The van der Waals surface area contributed by atoms with Crippen LogP contribution in [0.15, 0.2) is 40.5 Å². The van der Waals surface area contributed by atoms with E-state index in [-0.39, 0.29) is 28.5 Å². The Balaban J connectivity index is 1.38. The summed E-state index contributed by atoms with van der Waals surface area (Å²) < 4.78 is 55.9. The first kappa shape index (κ1) is 30.8. The maximum atomic E-state index is 12.3. The molecule has 0 aliphatic carbocycles. The van der Waals surface area contributed by atoms with Gasteiger partial charge in [-0.05, 0) is 17.7 Å². The third-order valence-corrected chi connectivity index (χ3v) is 9.56. The van der Waals surface area contributed by atoms with Gasteiger partial charge in [0.25, 0.3) is 5.56 Å². The number of aliphatic hydroxyl groups excluding tert-OH is 2. The molecular formula is C16H20N9O13P3. The van der Waals surface area contributed by atoms with Crippen LogP contribution >= 0.6 is 23.4 Å². The van der Waals surface area contributed by atoms with E-state index in [4.69, 9.17) is 16.0 Å². The van der Waals surface area contributed by atoms with Gasteiger partial charge in [0.05, 0.1) is 12.9 Å². The summed E-state index contributed by atoms with van der Waals surface area (Å²) in [6, 6.07) is 4.77. The second kappa shape index (κ2) is 11.6. The molecule has 0 radical (unpaired) electrons. The number of benzene rings is 1. The summed E-state index contributed by atoms with van der Waals surface area (Å²) >= 11 is 0. The molecule has 222 valence electrons. The second-order valence-corrected chi connectivity index (χ2v) is 12.8. The van der Waals surface area contributed by atoms with Gasteiger partial charge in [-0.1, -0.05) is 17.2 Å². The average Bonchev–Trinajstić information content (AvgIpc) is 3.38. The van der Waals surface area contributed by atoms with Crippen molar-refractivity contribution in [3.8, 4) is 0 Å². The quantitative estimate of drug-likeness (QED) is 0.0620. The van der Waals surface area contributed by atoms with Crippen LogP contribution < -0.4 is 16.4 Å². The van der Waals surface area contributed by atoms with Crippen LogP contribution in [0, 0.1) is 0 Å². The molecule has 3 aromatic rings. The molecular weight excluding hydrogens is 619 g/mol. The van der Waals surface area contributed by atoms with Gasteiger partial charge in [-0.15, -0.1) is 0 Å². The van der Waals surface area contributed by atoms with E-state index in [1.807, 2.05) is 5.09 Å². The third kappa shape index (κ3) is 7.37. The molecule has 25 heteroatoms. The molecule has 2 aromatic heterocycles. The van der Waals surface area contributed by atoms with Gasteiger partial charge in [0.15, 0.2) is 17.4 Å². The minimum atomic E-state index is -5.77. The molecule has 0 amide bonds. The van der Waals surface area contributed by atoms with Gasteiger partial charge >= 0.3 is 23.4 Å². The molecule has 1 aliphatic rings. The number of nitrogens with one attached hydrogen (secondary N) is 2. The summed E-state index contributed by atoms with van der Waals surface area (Å²) in [7, 11) is -16.5. The number of phosphoric acid groups is 2. The fourth-order valence-corrected chi connectivity index (χ4v) is 7.25. The van der Waals surface area contributed by atoms with Gasteiger partial charge in [0, 0.05) is 16.3 Å². The van der Waals surface area contributed by atoms with Crippen molar-refractivity contribution in [2.75, 3.05) is 17.4 Å². The number of anilines is 2. The molecule has 0 spiro atoms. The Hall–Kier alpha value is -3.19. The highest BCUT2D eigenvalue weighted by Gasteiger charge is 2.47. The lowest BCUT2D eigenvalue weighted by atomic mass is 10.1. The van der Waals surface area contributed by atoms with Crippen molar-refractivity contribution in [1.29, 1.82) is 0 Å². The van der Waals surface area contributed by atoms with Crippen molar-refractivity contribution >= 4 is 51.9 Å². The van der Waals surface area contributed by atoms with Gasteiger partial charge in [-0.25, -0.2) is 18.7 Å². The number of ether oxygens (including phenoxy) is 1. The van der Waals surface area contributed by atoms with Crippen LogP contribution in [-0.4, -0.2) is 69.3 Å². The number of H-pyrrole nitrogens is 1. The molecule has 1 aliphatic heterocycles. The zero-order valence-corrected chi connectivity index (χ0v) is 22.7. The highest BCUT2D eigenvalue weighted by atomic mass is 31.3. The largest absolute Gasteiger partial charge is 0.489 e. The number of hydrogen-bond donors (Lipinski definition) is 8. The lowest BCUT2D eigenvalue weighted by Crippen LogP contribution is -2.33. The number of nitrogen functional groups attached to an aromatic ring is 1. The van der Waals surface area contributed by atoms with Gasteiger partial charge < -0.3 is 35.4 Å². The highest BCUT2D eigenvalue weighted by Crippen LogP contribution is 2.67. The fraction of sp³-hybridized carbons (Fsp3) is 0.312. The lowest BCUT2D eigenvalue weighted by Gasteiger charge is -2.20. The minimum absolute atomic E-state index is 0.118. The predicted molar refractivity (Wildman–Crippen MR) is 135 cm³/mol. The van der Waals surface area contributed by atoms with E-state index >= 15 is 0 Å². The first-order chi connectivity index (χ1) is 19.1. The number of phosphoric ester groups is 1. The van der Waals surface area contributed by atoms with Gasteiger partial charge in [0.1, 0.15) is 18.3 Å². The highest BCUT2D eigenvalue weighted by molar-refractivity contribution is 7.68. The Morgan fingerprint density at radius 2 is 1.83 bits per heavy atom. The van der Waals surface area contributed by atoms with E-state index in [0.717, 1.165) is 23.0 Å². The number of aromatic amines is 1. The van der Waals surface area contributed by atoms with Crippen LogP contribution in [-0.2, 0) is 31.6 Å². The van der Waals surface area contributed by atoms with E-state index < -0.39 is 60.1 Å². The van der Waals surface area contributed by atoms with Crippen molar-refractivity contribution in [2.45, 2.75) is 24.5 Å². The number of imidazole rings is 1. The molecule has 4 rings (SSSR count).